The van der Waals surface area contributed by atoms with Crippen molar-refractivity contribution in [2.75, 3.05) is 10.6 Å². The molecule has 0 fully saturated rings. The van der Waals surface area contributed by atoms with E-state index in [4.69, 9.17) is 15.8 Å². The summed E-state index contributed by atoms with van der Waals surface area (Å²) >= 11 is 5.77. The normalized spacial score (nSPS) is 11.2. The van der Waals surface area contributed by atoms with Gasteiger partial charge in [-0.2, -0.15) is 13.7 Å². The number of nitrogens with zero attached hydrogens (tertiary/aromatic N) is 2. The van der Waals surface area contributed by atoms with Crippen molar-refractivity contribution >= 4 is 56.7 Å². The minimum Gasteiger partial charge on any atom is -0.378 e. The van der Waals surface area contributed by atoms with E-state index < -0.39 is 32.2 Å². The molecular weight excluding hydrogens is 524 g/mol. The van der Waals surface area contributed by atoms with Crippen molar-refractivity contribution in [1.29, 1.82) is 5.26 Å². The summed E-state index contributed by atoms with van der Waals surface area (Å²) in [6.07, 6.45) is 1.12. The predicted octanol–water partition coefficient (Wildman–Crippen LogP) is 4.52. The molecule has 3 aromatic rings. The molecule has 3 aromatic carbocycles. The number of nitriles is 1. The lowest BCUT2D eigenvalue weighted by Gasteiger charge is -2.11. The van der Waals surface area contributed by atoms with Crippen molar-refractivity contribution in [1.82, 2.24) is 0 Å². The third-order valence-electron chi connectivity index (χ3n) is 4.65. The van der Waals surface area contributed by atoms with Crippen LogP contribution in [0.25, 0.3) is 6.08 Å². The number of halogens is 1. The Bertz CT molecular complexity index is 1560. The Morgan fingerprint density at radius 1 is 1.05 bits per heavy atom. The molecular formula is C24H17ClN4O7S. The van der Waals surface area contributed by atoms with Gasteiger partial charge in [0.05, 0.1) is 4.92 Å². The zero-order valence-corrected chi connectivity index (χ0v) is 20.5. The van der Waals surface area contributed by atoms with Gasteiger partial charge in [-0.15, -0.1) is 0 Å². The second-order valence-electron chi connectivity index (χ2n) is 7.33. The van der Waals surface area contributed by atoms with Gasteiger partial charge in [0.25, 0.3) is 11.6 Å². The Balaban J connectivity index is 1.86. The second-order valence-corrected chi connectivity index (χ2v) is 9.28. The first-order chi connectivity index (χ1) is 17.5. The van der Waals surface area contributed by atoms with Crippen molar-refractivity contribution < 1.29 is 27.1 Å². The minimum absolute atomic E-state index is 0.0251. The van der Waals surface area contributed by atoms with Crippen molar-refractivity contribution in [3.63, 3.8) is 0 Å². The van der Waals surface area contributed by atoms with E-state index in [0.29, 0.717) is 5.69 Å². The first-order valence-electron chi connectivity index (χ1n) is 10.3. The molecule has 0 bridgehead atoms. The van der Waals surface area contributed by atoms with Gasteiger partial charge in [-0.05, 0) is 48.5 Å². The van der Waals surface area contributed by atoms with E-state index in [1.807, 2.05) is 0 Å². The molecule has 0 saturated carbocycles. The highest BCUT2D eigenvalue weighted by Crippen LogP contribution is 2.29. The molecule has 0 unspecified atom stereocenters. The Morgan fingerprint density at radius 2 is 1.70 bits per heavy atom. The van der Waals surface area contributed by atoms with Gasteiger partial charge in [0.2, 0.25) is 5.91 Å². The van der Waals surface area contributed by atoms with Crippen molar-refractivity contribution in [3.05, 3.63) is 93.0 Å². The van der Waals surface area contributed by atoms with Crippen LogP contribution in [0.2, 0.25) is 5.02 Å². The van der Waals surface area contributed by atoms with Crippen LogP contribution in [0.15, 0.2) is 77.2 Å². The Kier molecular flexibility index (Phi) is 8.23. The number of hydrogen-bond acceptors (Lipinski definition) is 8. The largest absolute Gasteiger partial charge is 0.378 e. The molecule has 2 amide bonds. The van der Waals surface area contributed by atoms with Gasteiger partial charge in [-0.25, -0.2) is 0 Å². The number of amides is 2. The summed E-state index contributed by atoms with van der Waals surface area (Å²) in [6.45, 7) is 1.31. The van der Waals surface area contributed by atoms with E-state index in [1.165, 1.54) is 61.5 Å². The fourth-order valence-electron chi connectivity index (χ4n) is 2.98. The number of benzene rings is 3. The number of para-hydroxylation sites is 1. The molecule has 13 heteroatoms. The standard InChI is InChI=1S/C24H17ClN4O7S/c1-15(30)27-18-6-9-20(10-7-18)37(34,35)36-23-5-3-2-4-16(23)12-17(14-26)24(31)28-19-8-11-21(25)22(13-19)29(32)33/h2-13H,1H3,(H,27,30)(H,28,31)/b17-12+. The number of rotatable bonds is 8. The summed E-state index contributed by atoms with van der Waals surface area (Å²) in [4.78, 5) is 34.0. The molecule has 0 saturated heterocycles. The SMILES string of the molecule is CC(=O)Nc1ccc(S(=O)(=O)Oc2ccccc2/C=C(\C#N)C(=O)Nc2ccc(Cl)c([N+](=O)[O-])c2)cc1. The molecule has 0 spiro atoms. The lowest BCUT2D eigenvalue weighted by molar-refractivity contribution is -0.384. The van der Waals surface area contributed by atoms with Gasteiger partial charge < -0.3 is 14.8 Å². The van der Waals surface area contributed by atoms with E-state index in [9.17, 15) is 33.4 Å². The van der Waals surface area contributed by atoms with Gasteiger partial charge >= 0.3 is 10.1 Å². The molecule has 0 heterocycles. The Morgan fingerprint density at radius 3 is 2.32 bits per heavy atom. The molecule has 0 atom stereocenters. The fourth-order valence-corrected chi connectivity index (χ4v) is 4.12. The highest BCUT2D eigenvalue weighted by atomic mass is 35.5. The number of carbonyl (C=O) groups excluding carboxylic acids is 2. The number of nitro groups is 1. The van der Waals surface area contributed by atoms with Crippen LogP contribution >= 0.6 is 11.6 Å². The number of nitro benzene ring substituents is 1. The maximum atomic E-state index is 12.8. The second kappa shape index (κ2) is 11.3. The van der Waals surface area contributed by atoms with Crippen LogP contribution in [-0.2, 0) is 19.7 Å². The first kappa shape index (κ1) is 26.9. The molecule has 2 N–H and O–H groups in total. The average Bonchev–Trinajstić information content (AvgIpc) is 2.84. The molecule has 11 nitrogen and oxygen atoms in total. The van der Waals surface area contributed by atoms with Gasteiger partial charge in [-0.1, -0.05) is 29.8 Å². The molecule has 188 valence electrons. The number of nitrogens with one attached hydrogen (secondary N) is 2. The van der Waals surface area contributed by atoms with Crippen molar-refractivity contribution in [2.24, 2.45) is 0 Å². The summed E-state index contributed by atoms with van der Waals surface area (Å²) in [7, 11) is -4.31. The Hall–Kier alpha value is -4.73. The highest BCUT2D eigenvalue weighted by Gasteiger charge is 2.20. The van der Waals surface area contributed by atoms with Crippen LogP contribution in [0.1, 0.15) is 12.5 Å². The van der Waals surface area contributed by atoms with Crippen molar-refractivity contribution in [3.8, 4) is 11.8 Å². The van der Waals surface area contributed by atoms with E-state index in [2.05, 4.69) is 10.6 Å². The molecule has 0 aliphatic heterocycles. The number of anilines is 2. The quantitative estimate of drug-likeness (QED) is 0.138. The Labute approximate surface area is 216 Å². The smallest absolute Gasteiger partial charge is 0.339 e. The molecule has 0 radical (unpaired) electrons. The first-order valence-corrected chi connectivity index (χ1v) is 12.1. The monoisotopic (exact) mass is 540 g/mol. The lowest BCUT2D eigenvalue weighted by Crippen LogP contribution is -2.14. The van der Waals surface area contributed by atoms with E-state index in [1.54, 1.807) is 12.1 Å². The fraction of sp³-hybridized carbons (Fsp3) is 0.0417. The van der Waals surface area contributed by atoms with Gasteiger partial charge in [0.1, 0.15) is 27.3 Å². The van der Waals surface area contributed by atoms with Crippen molar-refractivity contribution in [2.45, 2.75) is 11.8 Å². The maximum absolute atomic E-state index is 12.8. The zero-order chi connectivity index (χ0) is 27.2. The molecule has 0 aliphatic rings. The van der Waals surface area contributed by atoms with Crippen LogP contribution in [0.4, 0.5) is 17.1 Å². The van der Waals surface area contributed by atoms with E-state index in [-0.39, 0.29) is 32.8 Å². The third kappa shape index (κ3) is 6.91. The minimum atomic E-state index is -4.31. The molecule has 0 aliphatic carbocycles. The topological polar surface area (TPSA) is 168 Å². The zero-order valence-electron chi connectivity index (χ0n) is 19.0. The van der Waals surface area contributed by atoms with Gasteiger partial charge in [-0.3, -0.25) is 19.7 Å². The summed E-state index contributed by atoms with van der Waals surface area (Å²) in [5, 5.41) is 25.3. The highest BCUT2D eigenvalue weighted by molar-refractivity contribution is 7.87. The van der Waals surface area contributed by atoms with Crippen LogP contribution in [0.5, 0.6) is 5.75 Å². The molecule has 3 rings (SSSR count). The van der Waals surface area contributed by atoms with Crippen LogP contribution < -0.4 is 14.8 Å². The van der Waals surface area contributed by atoms with Gasteiger partial charge in [0.15, 0.2) is 0 Å². The maximum Gasteiger partial charge on any atom is 0.339 e. The van der Waals surface area contributed by atoms with Crippen LogP contribution in [0.3, 0.4) is 0 Å². The summed E-state index contributed by atoms with van der Waals surface area (Å²) in [5.41, 5.74) is -0.334. The van der Waals surface area contributed by atoms with Crippen LogP contribution in [-0.4, -0.2) is 25.2 Å². The van der Waals surface area contributed by atoms with E-state index in [0.717, 1.165) is 12.1 Å². The van der Waals surface area contributed by atoms with Gasteiger partial charge in [0, 0.05) is 29.9 Å². The molecule has 37 heavy (non-hydrogen) atoms. The van der Waals surface area contributed by atoms with Crippen LogP contribution in [0, 0.1) is 21.4 Å². The molecule has 0 aromatic heterocycles. The summed E-state index contributed by atoms with van der Waals surface area (Å²) in [5.74, 6) is -1.37. The summed E-state index contributed by atoms with van der Waals surface area (Å²) < 4.78 is 30.8. The number of hydrogen-bond donors (Lipinski definition) is 2. The number of carbonyl (C=O) groups is 2. The van der Waals surface area contributed by atoms with E-state index >= 15 is 0 Å². The third-order valence-corrected chi connectivity index (χ3v) is 6.22. The lowest BCUT2D eigenvalue weighted by atomic mass is 10.1. The average molecular weight is 541 g/mol. The predicted molar refractivity (Wildman–Crippen MR) is 135 cm³/mol. The summed E-state index contributed by atoms with van der Waals surface area (Å²) in [6, 6.07) is 16.4.